The summed E-state index contributed by atoms with van der Waals surface area (Å²) in [5.41, 5.74) is 0. The van der Waals surface area contributed by atoms with Crippen molar-refractivity contribution < 1.29 is 80.2 Å². The highest BCUT2D eigenvalue weighted by Crippen LogP contribution is 2.45. The van der Waals surface area contributed by atoms with Gasteiger partial charge in [0, 0.05) is 25.7 Å². The molecule has 3 N–H and O–H groups in total. The maximum absolute atomic E-state index is 13.1. The molecule has 102 heavy (non-hydrogen) atoms. The van der Waals surface area contributed by atoms with E-state index in [9.17, 15) is 43.2 Å². The molecule has 0 fully saturated rings. The Morgan fingerprint density at radius 1 is 0.275 bits per heavy atom. The number of carbonyl (C=O) groups is 4. The largest absolute Gasteiger partial charge is 0.472 e. The molecule has 0 amide bonds. The fourth-order valence-corrected chi connectivity index (χ4v) is 13.3. The number of carbonyl (C=O) groups excluding carboxylic acids is 4. The first-order valence-corrected chi connectivity index (χ1v) is 44.5. The van der Waals surface area contributed by atoms with E-state index in [4.69, 9.17) is 37.0 Å². The van der Waals surface area contributed by atoms with Gasteiger partial charge in [-0.2, -0.15) is 0 Å². The quantitative estimate of drug-likeness (QED) is 0.0169. The van der Waals surface area contributed by atoms with Gasteiger partial charge in [0.2, 0.25) is 0 Å². The summed E-state index contributed by atoms with van der Waals surface area (Å²) < 4.78 is 68.6. The smallest absolute Gasteiger partial charge is 0.462 e. The van der Waals surface area contributed by atoms with Gasteiger partial charge >= 0.3 is 39.5 Å². The van der Waals surface area contributed by atoms with Crippen LogP contribution in [0.5, 0.6) is 0 Å². The predicted octanol–water partition coefficient (Wildman–Crippen LogP) is 24.2. The molecule has 0 aliphatic rings. The Bertz CT molecular complexity index is 2170. The first kappa shape index (κ1) is 98.8. The Kier molecular flexibility index (Phi) is 73.6. The van der Waals surface area contributed by atoms with Crippen molar-refractivity contribution in [1.29, 1.82) is 0 Å². The highest BCUT2D eigenvalue weighted by Gasteiger charge is 2.30. The molecule has 0 spiro atoms. The van der Waals surface area contributed by atoms with Crippen LogP contribution >= 0.6 is 15.6 Å². The molecule has 0 aromatic heterocycles. The lowest BCUT2D eigenvalue weighted by Crippen LogP contribution is -2.30. The zero-order chi connectivity index (χ0) is 74.6. The van der Waals surface area contributed by atoms with E-state index in [1.165, 1.54) is 205 Å². The zero-order valence-electron chi connectivity index (χ0n) is 65.3. The van der Waals surface area contributed by atoms with Crippen LogP contribution in [0.4, 0.5) is 0 Å². The molecule has 5 atom stereocenters. The van der Waals surface area contributed by atoms with Gasteiger partial charge in [0.25, 0.3) is 0 Å². The number of hydrogen-bond acceptors (Lipinski definition) is 15. The van der Waals surface area contributed by atoms with Gasteiger partial charge in [-0.3, -0.25) is 37.3 Å². The van der Waals surface area contributed by atoms with Crippen molar-refractivity contribution in [3.05, 3.63) is 60.8 Å². The van der Waals surface area contributed by atoms with Crippen LogP contribution in [0.2, 0.25) is 0 Å². The Morgan fingerprint density at radius 2 is 0.500 bits per heavy atom. The number of unbranched alkanes of at least 4 members (excludes halogenated alkanes) is 43. The summed E-state index contributed by atoms with van der Waals surface area (Å²) in [6.07, 6.45) is 76.3. The molecular formula is C83H152O17P2. The van der Waals surface area contributed by atoms with Gasteiger partial charge in [-0.15, -0.1) is 0 Å². The molecule has 0 saturated heterocycles. The van der Waals surface area contributed by atoms with Crippen LogP contribution in [-0.4, -0.2) is 96.7 Å². The van der Waals surface area contributed by atoms with Crippen LogP contribution in [0, 0.1) is 0 Å². The van der Waals surface area contributed by atoms with Gasteiger partial charge < -0.3 is 33.8 Å². The summed E-state index contributed by atoms with van der Waals surface area (Å²) in [4.78, 5) is 73.0. The summed E-state index contributed by atoms with van der Waals surface area (Å²) in [5.74, 6) is -2.23. The first-order valence-electron chi connectivity index (χ1n) is 41.5. The highest BCUT2D eigenvalue weighted by molar-refractivity contribution is 7.47. The number of allylic oxidation sites excluding steroid dienone is 10. The molecular weight excluding hydrogens is 1330 g/mol. The normalized spacial score (nSPS) is 14.1. The fourth-order valence-electron chi connectivity index (χ4n) is 11.7. The standard InChI is InChI=1S/C83H152O17P2/c1-5-9-13-17-21-25-29-33-36-37-38-39-42-44-48-52-56-60-64-68-81(86)94-74-79(100-83(88)70-66-62-58-54-50-46-41-35-31-27-23-19-15-11-7-3)76-98-102(91,92)96-72-77(84)71-95-101(89,90)97-75-78(73-93-80(85)67-63-59-55-51-47-43-32-28-24-20-16-12-8-4)99-82(87)69-65-61-57-53-49-45-40-34-30-26-22-18-14-10-6-2/h21,25,33,36,38-39,44,48,56,60,77-79,84H,5-20,22-24,26-32,34-35,37,40-43,45-47,49-55,57-59,61-76H2,1-4H3,(H,89,90)(H,91,92)/b25-21-,36-33-,39-38-,48-44-,60-56-/t77-,78+,79+/m0/s1. The van der Waals surface area contributed by atoms with Gasteiger partial charge in [-0.05, 0) is 64.2 Å². The van der Waals surface area contributed by atoms with E-state index in [-0.39, 0.29) is 25.7 Å². The number of hydrogen-bond donors (Lipinski definition) is 3. The average molecular weight is 1480 g/mol. The Balaban J connectivity index is 5.37. The third-order valence-electron chi connectivity index (χ3n) is 18.0. The molecule has 0 saturated carbocycles. The van der Waals surface area contributed by atoms with Gasteiger partial charge in [-0.25, -0.2) is 9.13 Å². The molecule has 2 unspecified atom stereocenters. The van der Waals surface area contributed by atoms with Crippen molar-refractivity contribution in [2.24, 2.45) is 0 Å². The van der Waals surface area contributed by atoms with Crippen molar-refractivity contribution in [3.8, 4) is 0 Å². The lowest BCUT2D eigenvalue weighted by molar-refractivity contribution is -0.161. The van der Waals surface area contributed by atoms with Crippen LogP contribution in [0.15, 0.2) is 60.8 Å². The van der Waals surface area contributed by atoms with Crippen LogP contribution in [0.1, 0.15) is 387 Å². The van der Waals surface area contributed by atoms with Crippen LogP contribution in [-0.2, 0) is 65.4 Å². The summed E-state index contributed by atoms with van der Waals surface area (Å²) >= 11 is 0. The average Bonchev–Trinajstić information content (AvgIpc) is 0.920. The maximum atomic E-state index is 13.1. The van der Waals surface area contributed by atoms with Gasteiger partial charge in [-0.1, -0.05) is 358 Å². The molecule has 0 radical (unpaired) electrons. The van der Waals surface area contributed by atoms with E-state index in [1.807, 2.05) is 12.2 Å². The number of phosphoric ester groups is 2. The second-order valence-corrected chi connectivity index (χ2v) is 31.0. The summed E-state index contributed by atoms with van der Waals surface area (Å²) in [5, 5.41) is 10.6. The molecule has 17 nitrogen and oxygen atoms in total. The molecule has 19 heteroatoms. The lowest BCUT2D eigenvalue weighted by atomic mass is 10.0. The number of ether oxygens (including phenoxy) is 4. The number of aliphatic hydroxyl groups excluding tert-OH is 1. The third kappa shape index (κ3) is 75.0. The van der Waals surface area contributed by atoms with E-state index >= 15 is 0 Å². The van der Waals surface area contributed by atoms with E-state index in [2.05, 4.69) is 76.3 Å². The second-order valence-electron chi connectivity index (χ2n) is 28.1. The predicted molar refractivity (Wildman–Crippen MR) is 418 cm³/mol. The first-order chi connectivity index (χ1) is 49.7. The van der Waals surface area contributed by atoms with Gasteiger partial charge in [0.15, 0.2) is 12.2 Å². The van der Waals surface area contributed by atoms with Gasteiger partial charge in [0.1, 0.15) is 19.3 Å². The zero-order valence-corrected chi connectivity index (χ0v) is 67.1. The minimum atomic E-state index is -4.98. The minimum absolute atomic E-state index is 0.0435. The lowest BCUT2D eigenvalue weighted by Gasteiger charge is -2.21. The van der Waals surface area contributed by atoms with E-state index in [0.29, 0.717) is 32.1 Å². The molecule has 0 aromatic rings. The van der Waals surface area contributed by atoms with Crippen molar-refractivity contribution in [3.63, 3.8) is 0 Å². The summed E-state index contributed by atoms with van der Waals surface area (Å²) in [6.45, 7) is 4.86. The Labute approximate surface area is 622 Å². The SMILES string of the molecule is CCCCC/C=C\C/C=C\C/C=C\C/C=C\C/C=C\CCC(=O)OC[C@H](COP(=O)(O)OC[C@@H](O)COP(=O)(O)OC[C@@H](COC(=O)CCCCCCCCCCCCCCC)OC(=O)CCCCCCCCCCCCCCCCC)OC(=O)CCCCCCCCCCCCCCCCC. The number of phosphoric acid groups is 2. The fraction of sp³-hybridized carbons (Fsp3) is 0.831. The Hall–Kier alpha value is -3.24. The van der Waals surface area contributed by atoms with Crippen molar-refractivity contribution >= 4 is 39.5 Å². The monoisotopic (exact) mass is 1480 g/mol. The molecule has 0 aromatic carbocycles. The number of aliphatic hydroxyl groups is 1. The van der Waals surface area contributed by atoms with Crippen LogP contribution in [0.25, 0.3) is 0 Å². The number of esters is 4. The second kappa shape index (κ2) is 76.0. The molecule has 0 rings (SSSR count). The van der Waals surface area contributed by atoms with E-state index < -0.39 is 97.5 Å². The summed E-state index contributed by atoms with van der Waals surface area (Å²) in [7, 11) is -9.96. The third-order valence-corrected chi connectivity index (χ3v) is 19.9. The van der Waals surface area contributed by atoms with Gasteiger partial charge in [0.05, 0.1) is 26.4 Å². The van der Waals surface area contributed by atoms with Crippen LogP contribution in [0.3, 0.4) is 0 Å². The minimum Gasteiger partial charge on any atom is -0.462 e. The maximum Gasteiger partial charge on any atom is 0.472 e. The van der Waals surface area contributed by atoms with Crippen molar-refractivity contribution in [2.75, 3.05) is 39.6 Å². The molecule has 596 valence electrons. The van der Waals surface area contributed by atoms with E-state index in [1.54, 1.807) is 0 Å². The molecule has 0 heterocycles. The topological polar surface area (TPSA) is 237 Å². The molecule has 0 aliphatic heterocycles. The highest BCUT2D eigenvalue weighted by atomic mass is 31.2. The van der Waals surface area contributed by atoms with Crippen molar-refractivity contribution in [2.45, 2.75) is 406 Å². The molecule has 0 bridgehead atoms. The Morgan fingerprint density at radius 3 is 0.794 bits per heavy atom. The van der Waals surface area contributed by atoms with E-state index in [0.717, 1.165) is 96.3 Å². The van der Waals surface area contributed by atoms with Crippen molar-refractivity contribution in [1.82, 2.24) is 0 Å². The molecule has 0 aliphatic carbocycles. The number of rotatable bonds is 79. The van der Waals surface area contributed by atoms with Crippen LogP contribution < -0.4 is 0 Å². The summed E-state index contributed by atoms with van der Waals surface area (Å²) in [6, 6.07) is 0.